The summed E-state index contributed by atoms with van der Waals surface area (Å²) >= 11 is 0. The van der Waals surface area contributed by atoms with Crippen LogP contribution in [0.25, 0.3) is 0 Å². The molecule has 0 aliphatic heterocycles. The first kappa shape index (κ1) is 22.6. The second kappa shape index (κ2) is 10.2. The average Bonchev–Trinajstić information content (AvgIpc) is 2.67. The van der Waals surface area contributed by atoms with Gasteiger partial charge in [-0.3, -0.25) is 0 Å². The van der Waals surface area contributed by atoms with Crippen LogP contribution in [0.4, 0.5) is 8.78 Å². The summed E-state index contributed by atoms with van der Waals surface area (Å²) in [6.07, 6.45) is 0.269. The Morgan fingerprint density at radius 2 is 2.07 bits per heavy atom. The van der Waals surface area contributed by atoms with Gasteiger partial charge in [-0.1, -0.05) is 18.2 Å². The molecule has 5 nitrogen and oxygen atoms in total. The van der Waals surface area contributed by atoms with E-state index in [4.69, 9.17) is 4.74 Å². The van der Waals surface area contributed by atoms with Crippen LogP contribution in [0.1, 0.15) is 49.9 Å². The monoisotopic (exact) mass is 419 g/mol. The van der Waals surface area contributed by atoms with Gasteiger partial charge in [0.1, 0.15) is 28.5 Å². The van der Waals surface area contributed by atoms with Crippen LogP contribution >= 0.6 is 0 Å². The molecule has 1 aromatic heterocycles. The van der Waals surface area contributed by atoms with Crippen molar-refractivity contribution < 1.29 is 17.7 Å². The largest absolute Gasteiger partial charge is 0.493 e. The van der Waals surface area contributed by atoms with Crippen molar-refractivity contribution in [3.63, 3.8) is 0 Å². The smallest absolute Gasteiger partial charge is 0.241 e. The summed E-state index contributed by atoms with van der Waals surface area (Å²) in [6, 6.07) is 12.4. The number of alkyl halides is 2. The molecule has 1 aromatic carbocycles. The summed E-state index contributed by atoms with van der Waals surface area (Å²) in [6.45, 7) is 5.34. The van der Waals surface area contributed by atoms with Crippen LogP contribution in [0.5, 0.6) is 5.75 Å². The molecule has 2 unspecified atom stereocenters. The second-order valence-electron chi connectivity index (χ2n) is 7.25. The maximum absolute atomic E-state index is 12.4. The zero-order valence-electron chi connectivity index (χ0n) is 16.5. The number of nitriles is 1. The molecule has 2 atom stereocenters. The number of benzene rings is 1. The van der Waals surface area contributed by atoms with E-state index in [9.17, 15) is 18.3 Å². The number of rotatable bonds is 8. The van der Waals surface area contributed by atoms with Crippen LogP contribution in [0.3, 0.4) is 0 Å². The van der Waals surface area contributed by atoms with Crippen LogP contribution in [0.2, 0.25) is 0 Å². The molecule has 0 aliphatic carbocycles. The zero-order valence-corrected chi connectivity index (χ0v) is 17.3. The molecule has 154 valence electrons. The van der Waals surface area contributed by atoms with Gasteiger partial charge in [0.15, 0.2) is 0 Å². The number of hydrogen-bond acceptors (Lipinski definition) is 4. The molecule has 2 rings (SSSR count). The molecule has 0 N–H and O–H groups in total. The van der Waals surface area contributed by atoms with Crippen molar-refractivity contribution in [2.75, 3.05) is 6.61 Å². The molecule has 0 radical (unpaired) electrons. The molecule has 0 bridgehead atoms. The van der Waals surface area contributed by atoms with Crippen molar-refractivity contribution in [3.05, 3.63) is 59.4 Å². The Morgan fingerprint density at radius 1 is 1.31 bits per heavy atom. The summed E-state index contributed by atoms with van der Waals surface area (Å²) < 4.78 is 46.2. The van der Waals surface area contributed by atoms with Crippen molar-refractivity contribution in [3.8, 4) is 11.8 Å². The van der Waals surface area contributed by atoms with E-state index in [1.54, 1.807) is 30.3 Å². The van der Waals surface area contributed by atoms with Gasteiger partial charge >= 0.3 is 0 Å². The van der Waals surface area contributed by atoms with Crippen molar-refractivity contribution >= 4 is 17.2 Å². The SMILES string of the molecule is CC(C)(C)S(=O)N=CC(c1cccc(OCCC(F)F)c1)c1cccnc1C#N. The number of aromatic nitrogens is 1. The van der Waals surface area contributed by atoms with Gasteiger partial charge in [-0.05, 0) is 44.5 Å². The van der Waals surface area contributed by atoms with Gasteiger partial charge in [-0.15, -0.1) is 0 Å². The predicted octanol–water partition coefficient (Wildman–Crippen LogP) is 4.65. The quantitative estimate of drug-likeness (QED) is 0.584. The molecule has 1 heterocycles. The summed E-state index contributed by atoms with van der Waals surface area (Å²) in [5.41, 5.74) is 1.56. The Balaban J connectivity index is 2.41. The minimum atomic E-state index is -2.43. The van der Waals surface area contributed by atoms with Gasteiger partial charge in [0, 0.05) is 30.3 Å². The van der Waals surface area contributed by atoms with Gasteiger partial charge in [-0.2, -0.15) is 9.66 Å². The van der Waals surface area contributed by atoms with E-state index in [1.165, 1.54) is 12.4 Å². The summed E-state index contributed by atoms with van der Waals surface area (Å²) in [7, 11) is -1.48. The molecule has 2 aromatic rings. The van der Waals surface area contributed by atoms with Crippen LogP contribution in [0, 0.1) is 11.3 Å². The van der Waals surface area contributed by atoms with Crippen molar-refractivity contribution in [1.82, 2.24) is 4.98 Å². The lowest BCUT2D eigenvalue weighted by molar-refractivity contribution is 0.114. The van der Waals surface area contributed by atoms with E-state index in [1.807, 2.05) is 26.8 Å². The van der Waals surface area contributed by atoms with Gasteiger partial charge in [-0.25, -0.2) is 18.0 Å². The molecule has 0 saturated carbocycles. The zero-order chi connectivity index (χ0) is 21.4. The topological polar surface area (TPSA) is 75.3 Å². The van der Waals surface area contributed by atoms with Crippen LogP contribution in [-0.4, -0.2) is 33.2 Å². The first-order valence-electron chi connectivity index (χ1n) is 9.04. The van der Waals surface area contributed by atoms with Crippen molar-refractivity contribution in [1.29, 1.82) is 5.26 Å². The van der Waals surface area contributed by atoms with Crippen LogP contribution in [-0.2, 0) is 11.0 Å². The number of ether oxygens (including phenoxy) is 1. The summed E-state index contributed by atoms with van der Waals surface area (Å²) in [5.74, 6) is -0.0656. The molecule has 29 heavy (non-hydrogen) atoms. The third kappa shape index (κ3) is 6.71. The Kier molecular flexibility index (Phi) is 7.97. The fourth-order valence-corrected chi connectivity index (χ4v) is 2.99. The van der Waals surface area contributed by atoms with Crippen molar-refractivity contribution in [2.24, 2.45) is 4.40 Å². The lowest BCUT2D eigenvalue weighted by Crippen LogP contribution is -2.20. The highest BCUT2D eigenvalue weighted by Gasteiger charge is 2.21. The Morgan fingerprint density at radius 3 is 2.72 bits per heavy atom. The molecular formula is C21H23F2N3O2S. The number of pyridine rings is 1. The highest BCUT2D eigenvalue weighted by atomic mass is 32.2. The summed E-state index contributed by atoms with van der Waals surface area (Å²) in [4.78, 5) is 4.10. The van der Waals surface area contributed by atoms with E-state index in [2.05, 4.69) is 15.5 Å². The minimum absolute atomic E-state index is 0.107. The number of nitrogens with zero attached hydrogens (tertiary/aromatic N) is 3. The van der Waals surface area contributed by atoms with Gasteiger partial charge in [0.2, 0.25) is 6.43 Å². The fraction of sp³-hybridized carbons (Fsp3) is 0.381. The third-order valence-corrected chi connectivity index (χ3v) is 5.29. The molecular weight excluding hydrogens is 396 g/mol. The normalized spacial score (nSPS) is 14.0. The number of hydrogen-bond donors (Lipinski definition) is 0. The Labute approximate surface area is 172 Å². The maximum Gasteiger partial charge on any atom is 0.241 e. The van der Waals surface area contributed by atoms with E-state index >= 15 is 0 Å². The van der Waals surface area contributed by atoms with E-state index < -0.39 is 28.1 Å². The number of halogens is 2. The van der Waals surface area contributed by atoms with E-state index in [0.29, 0.717) is 11.3 Å². The molecule has 0 aliphatic rings. The lowest BCUT2D eigenvalue weighted by Gasteiger charge is -2.17. The van der Waals surface area contributed by atoms with E-state index in [0.717, 1.165) is 5.56 Å². The highest BCUT2D eigenvalue weighted by molar-refractivity contribution is 7.85. The molecule has 8 heteroatoms. The summed E-state index contributed by atoms with van der Waals surface area (Å²) in [5, 5.41) is 9.43. The predicted molar refractivity (Wildman–Crippen MR) is 110 cm³/mol. The second-order valence-corrected chi connectivity index (χ2v) is 9.18. The average molecular weight is 419 g/mol. The highest BCUT2D eigenvalue weighted by Crippen LogP contribution is 2.28. The van der Waals surface area contributed by atoms with E-state index in [-0.39, 0.29) is 18.7 Å². The van der Waals surface area contributed by atoms with Gasteiger partial charge in [0.05, 0.1) is 11.4 Å². The molecule has 0 fully saturated rings. The maximum atomic E-state index is 12.4. The third-order valence-electron chi connectivity index (χ3n) is 3.93. The molecule has 0 spiro atoms. The molecule has 0 amide bonds. The minimum Gasteiger partial charge on any atom is -0.493 e. The van der Waals surface area contributed by atoms with Crippen LogP contribution in [0.15, 0.2) is 47.0 Å². The first-order chi connectivity index (χ1) is 13.7. The van der Waals surface area contributed by atoms with Crippen LogP contribution < -0.4 is 4.74 Å². The standard InChI is InChI=1S/C21H23F2N3O2S/c1-21(2,3)29(27)26-14-18(17-8-5-10-25-19(17)13-24)15-6-4-7-16(12-15)28-11-9-20(22)23/h4-8,10,12,14,18,20H,9,11H2,1-3H3. The van der Waals surface area contributed by atoms with Gasteiger partial charge < -0.3 is 4.74 Å². The molecule has 0 saturated heterocycles. The fourth-order valence-electron chi connectivity index (χ4n) is 2.45. The first-order valence-corrected chi connectivity index (χ1v) is 10.1. The van der Waals surface area contributed by atoms with Gasteiger partial charge in [0.25, 0.3) is 0 Å². The Bertz CT molecular complexity index is 921. The van der Waals surface area contributed by atoms with Crippen molar-refractivity contribution in [2.45, 2.75) is 44.3 Å². The lowest BCUT2D eigenvalue weighted by atomic mass is 9.91. The Hall–Kier alpha value is -2.66.